The Kier molecular flexibility index (Phi) is 11.5. The van der Waals surface area contributed by atoms with Gasteiger partial charge in [0.1, 0.15) is 0 Å². The van der Waals surface area contributed by atoms with Crippen molar-refractivity contribution in [3.05, 3.63) is 285 Å². The largest absolute Gasteiger partial charge is 0.310 e. The van der Waals surface area contributed by atoms with E-state index in [0.29, 0.717) is 0 Å². The molecule has 0 saturated carbocycles. The molecule has 0 aliphatic heterocycles. The van der Waals surface area contributed by atoms with Crippen LogP contribution >= 0.6 is 0 Å². The van der Waals surface area contributed by atoms with Gasteiger partial charge in [0.05, 0.1) is 0 Å². The van der Waals surface area contributed by atoms with E-state index in [0.717, 1.165) is 39.3 Å². The molecule has 0 bridgehead atoms. The molecular formula is C66H47N. The van der Waals surface area contributed by atoms with Gasteiger partial charge in [-0.3, -0.25) is 0 Å². The van der Waals surface area contributed by atoms with E-state index in [9.17, 15) is 0 Å². The third kappa shape index (κ3) is 9.00. The molecule has 0 spiro atoms. The van der Waals surface area contributed by atoms with Crippen molar-refractivity contribution >= 4 is 17.1 Å². The van der Waals surface area contributed by atoms with Crippen molar-refractivity contribution in [1.82, 2.24) is 0 Å². The molecule has 0 saturated heterocycles. The van der Waals surface area contributed by atoms with Gasteiger partial charge in [-0.05, 0) is 168 Å². The first-order chi connectivity index (χ1) is 33.2. The fourth-order valence-electron chi connectivity index (χ4n) is 9.17. The number of hydrogen-bond acceptors (Lipinski definition) is 1. The number of nitrogens with zero attached hydrogens (tertiary/aromatic N) is 1. The minimum atomic E-state index is 1.07. The zero-order chi connectivity index (χ0) is 44.8. The van der Waals surface area contributed by atoms with Crippen LogP contribution in [0.5, 0.6) is 0 Å². The van der Waals surface area contributed by atoms with Gasteiger partial charge in [-0.1, -0.05) is 206 Å². The highest BCUT2D eigenvalue weighted by Gasteiger charge is 2.18. The molecule has 1 heteroatoms. The van der Waals surface area contributed by atoms with Crippen LogP contribution in [0.4, 0.5) is 17.1 Å². The molecular weight excluding hydrogens is 807 g/mol. The number of anilines is 3. The second-order valence-corrected chi connectivity index (χ2v) is 17.0. The maximum Gasteiger partial charge on any atom is 0.0473 e. The van der Waals surface area contributed by atoms with E-state index < -0.39 is 0 Å². The maximum atomic E-state index is 2.40. The average molecular weight is 854 g/mol. The normalized spacial score (nSPS) is 11.0. The predicted molar refractivity (Wildman–Crippen MR) is 285 cm³/mol. The zero-order valence-electron chi connectivity index (χ0n) is 37.1. The van der Waals surface area contributed by atoms with E-state index in [1.807, 2.05) is 0 Å². The summed E-state index contributed by atoms with van der Waals surface area (Å²) in [5, 5.41) is 0. The van der Waals surface area contributed by atoms with Crippen molar-refractivity contribution in [2.45, 2.75) is 0 Å². The van der Waals surface area contributed by atoms with Gasteiger partial charge in [0, 0.05) is 17.1 Å². The molecule has 67 heavy (non-hydrogen) atoms. The number of rotatable bonds is 11. The summed E-state index contributed by atoms with van der Waals surface area (Å²) in [5.41, 5.74) is 22.1. The van der Waals surface area contributed by atoms with E-state index in [-0.39, 0.29) is 0 Å². The number of hydrogen-bond donors (Lipinski definition) is 0. The topological polar surface area (TPSA) is 3.24 Å². The summed E-state index contributed by atoms with van der Waals surface area (Å²) >= 11 is 0. The second kappa shape index (κ2) is 18.7. The van der Waals surface area contributed by atoms with Crippen molar-refractivity contribution in [3.8, 4) is 89.0 Å². The van der Waals surface area contributed by atoms with Crippen LogP contribution in [0.1, 0.15) is 0 Å². The Hall–Kier alpha value is -8.78. The van der Waals surface area contributed by atoms with Gasteiger partial charge < -0.3 is 4.90 Å². The van der Waals surface area contributed by atoms with Gasteiger partial charge in [-0.25, -0.2) is 0 Å². The SMILES string of the molecule is c1ccc(-c2cc(-c3ccccc3)cc(-c3ccc(N(c4ccc(-c5cc(-c6ccccc6)cc(-c6ccccc6)c5)cc4)c4cc(-c5ccccc5)cc(-c5ccccc5)c4)cc3)c2)cc1. The standard InChI is InChI=1S/C66H47N/c1-7-19-48(20-8-1)56-39-57(49-21-9-2-10-22-49)42-60(41-56)54-31-35-64(36-32-54)67(66-46-62(52-27-15-5-16-28-52)45-63(47-66)53-29-17-6-18-30-53)65-37-33-55(34-38-65)61-43-58(50-23-11-3-12-24-50)40-59(44-61)51-25-13-4-14-26-51/h1-47H. The first kappa shape index (κ1) is 41.0. The lowest BCUT2D eigenvalue weighted by Crippen LogP contribution is -2.10. The predicted octanol–water partition coefficient (Wildman–Crippen LogP) is 18.5. The molecule has 0 aromatic heterocycles. The van der Waals surface area contributed by atoms with Crippen LogP contribution < -0.4 is 4.90 Å². The van der Waals surface area contributed by atoms with Gasteiger partial charge in [0.2, 0.25) is 0 Å². The van der Waals surface area contributed by atoms with Crippen LogP contribution in [0.3, 0.4) is 0 Å². The minimum Gasteiger partial charge on any atom is -0.310 e. The van der Waals surface area contributed by atoms with Gasteiger partial charge in [-0.2, -0.15) is 0 Å². The molecule has 0 aliphatic carbocycles. The molecule has 0 fully saturated rings. The van der Waals surface area contributed by atoms with Crippen molar-refractivity contribution in [3.63, 3.8) is 0 Å². The Labute approximate surface area is 394 Å². The van der Waals surface area contributed by atoms with Gasteiger partial charge in [0.25, 0.3) is 0 Å². The van der Waals surface area contributed by atoms with E-state index in [4.69, 9.17) is 0 Å². The third-order valence-corrected chi connectivity index (χ3v) is 12.6. The van der Waals surface area contributed by atoms with E-state index in [2.05, 4.69) is 290 Å². The molecule has 0 aliphatic rings. The van der Waals surface area contributed by atoms with Crippen LogP contribution in [0.15, 0.2) is 285 Å². The summed E-state index contributed by atoms with van der Waals surface area (Å²) < 4.78 is 0. The zero-order valence-corrected chi connectivity index (χ0v) is 37.1. The highest BCUT2D eigenvalue weighted by atomic mass is 15.1. The highest BCUT2D eigenvalue weighted by Crippen LogP contribution is 2.42. The van der Waals surface area contributed by atoms with Crippen molar-refractivity contribution in [2.75, 3.05) is 4.90 Å². The Morgan fingerprint density at radius 1 is 0.134 bits per heavy atom. The molecule has 0 atom stereocenters. The summed E-state index contributed by atoms with van der Waals surface area (Å²) in [5.74, 6) is 0. The molecule has 11 aromatic rings. The Morgan fingerprint density at radius 2 is 0.313 bits per heavy atom. The Balaban J connectivity index is 1.04. The second-order valence-electron chi connectivity index (χ2n) is 17.0. The van der Waals surface area contributed by atoms with Crippen LogP contribution in [0.2, 0.25) is 0 Å². The highest BCUT2D eigenvalue weighted by molar-refractivity contribution is 5.88. The molecule has 0 radical (unpaired) electrons. The lowest BCUT2D eigenvalue weighted by Gasteiger charge is -2.27. The first-order valence-electron chi connectivity index (χ1n) is 23.0. The van der Waals surface area contributed by atoms with Crippen molar-refractivity contribution in [2.24, 2.45) is 0 Å². The molecule has 1 nitrogen and oxygen atoms in total. The van der Waals surface area contributed by atoms with Crippen molar-refractivity contribution in [1.29, 1.82) is 0 Å². The van der Waals surface area contributed by atoms with Crippen LogP contribution in [-0.4, -0.2) is 0 Å². The van der Waals surface area contributed by atoms with E-state index in [1.165, 1.54) is 66.8 Å². The summed E-state index contributed by atoms with van der Waals surface area (Å²) in [6.45, 7) is 0. The van der Waals surface area contributed by atoms with E-state index in [1.54, 1.807) is 0 Å². The summed E-state index contributed by atoms with van der Waals surface area (Å²) in [6.07, 6.45) is 0. The molecule has 11 rings (SSSR count). The monoisotopic (exact) mass is 853 g/mol. The molecule has 0 heterocycles. The third-order valence-electron chi connectivity index (χ3n) is 12.6. The lowest BCUT2D eigenvalue weighted by molar-refractivity contribution is 1.28. The lowest BCUT2D eigenvalue weighted by atomic mass is 9.93. The smallest absolute Gasteiger partial charge is 0.0473 e. The Bertz CT molecular complexity index is 3040. The molecule has 11 aromatic carbocycles. The molecule has 0 amide bonds. The first-order valence-corrected chi connectivity index (χ1v) is 23.0. The van der Waals surface area contributed by atoms with Crippen LogP contribution in [0, 0.1) is 0 Å². The quantitative estimate of drug-likeness (QED) is 0.125. The van der Waals surface area contributed by atoms with Gasteiger partial charge in [0.15, 0.2) is 0 Å². The molecule has 0 unspecified atom stereocenters. The Morgan fingerprint density at radius 3 is 0.522 bits per heavy atom. The average Bonchev–Trinajstić information content (AvgIpc) is 3.42. The van der Waals surface area contributed by atoms with Crippen molar-refractivity contribution < 1.29 is 0 Å². The van der Waals surface area contributed by atoms with E-state index >= 15 is 0 Å². The summed E-state index contributed by atoms with van der Waals surface area (Å²) in [7, 11) is 0. The van der Waals surface area contributed by atoms with Gasteiger partial charge >= 0.3 is 0 Å². The molecule has 0 N–H and O–H groups in total. The number of benzene rings is 11. The fourth-order valence-corrected chi connectivity index (χ4v) is 9.17. The molecule has 316 valence electrons. The van der Waals surface area contributed by atoms with Crippen LogP contribution in [-0.2, 0) is 0 Å². The minimum absolute atomic E-state index is 1.07. The van der Waals surface area contributed by atoms with Crippen LogP contribution in [0.25, 0.3) is 89.0 Å². The summed E-state index contributed by atoms with van der Waals surface area (Å²) in [6, 6.07) is 103. The van der Waals surface area contributed by atoms with Gasteiger partial charge in [-0.15, -0.1) is 0 Å². The maximum absolute atomic E-state index is 2.40. The summed E-state index contributed by atoms with van der Waals surface area (Å²) in [4.78, 5) is 2.40. The fraction of sp³-hybridized carbons (Fsp3) is 0.